The Hall–Kier alpha value is -0.400. The van der Waals surface area contributed by atoms with Crippen LogP contribution in [-0.2, 0) is 0 Å². The van der Waals surface area contributed by atoms with Gasteiger partial charge in [0.2, 0.25) is 0 Å². The lowest BCUT2D eigenvalue weighted by Gasteiger charge is -2.33. The van der Waals surface area contributed by atoms with Crippen molar-refractivity contribution < 1.29 is 5.11 Å². The van der Waals surface area contributed by atoms with E-state index in [1.807, 2.05) is 10.6 Å². The third-order valence-electron chi connectivity index (χ3n) is 3.34. The summed E-state index contributed by atoms with van der Waals surface area (Å²) in [7, 11) is 0. The fraction of sp³-hybridized carbons (Fsp3) is 0.455. The zero-order chi connectivity index (χ0) is 12.0. The van der Waals surface area contributed by atoms with Crippen LogP contribution in [0.3, 0.4) is 0 Å². The molecule has 17 heavy (non-hydrogen) atoms. The third kappa shape index (κ3) is 1.94. The normalized spacial score (nSPS) is 23.9. The second-order valence-corrected chi connectivity index (χ2v) is 5.91. The third-order valence-corrected chi connectivity index (χ3v) is 4.13. The molecule has 1 aliphatic rings. The van der Waals surface area contributed by atoms with Crippen molar-refractivity contribution >= 4 is 39.7 Å². The Kier molecular flexibility index (Phi) is 3.00. The fourth-order valence-corrected chi connectivity index (χ4v) is 3.24. The molecule has 1 N–H and O–H groups in total. The van der Waals surface area contributed by atoms with Gasteiger partial charge in [0.1, 0.15) is 15.0 Å². The Morgan fingerprint density at radius 3 is 3.00 bits per heavy atom. The van der Waals surface area contributed by atoms with Gasteiger partial charge in [-0.3, -0.25) is 4.40 Å². The molecule has 0 spiro atoms. The van der Waals surface area contributed by atoms with Crippen LogP contribution >= 0.6 is 34.2 Å². The molecule has 90 valence electrons. The first-order valence-electron chi connectivity index (χ1n) is 5.49. The maximum Gasteiger partial charge on any atom is 0.155 e. The van der Waals surface area contributed by atoms with Crippen molar-refractivity contribution in [3.05, 3.63) is 27.1 Å². The minimum atomic E-state index is 0.277. The Bertz CT molecular complexity index is 565. The van der Waals surface area contributed by atoms with Crippen LogP contribution in [0.4, 0.5) is 0 Å². The van der Waals surface area contributed by atoms with E-state index in [9.17, 15) is 0 Å². The second-order valence-electron chi connectivity index (χ2n) is 4.44. The molecule has 1 aliphatic carbocycles. The molecule has 0 aromatic carbocycles. The van der Waals surface area contributed by atoms with E-state index >= 15 is 0 Å². The summed E-state index contributed by atoms with van der Waals surface area (Å²) in [5.41, 5.74) is 0.856. The number of rotatable bonds is 2. The minimum Gasteiger partial charge on any atom is -0.396 e. The number of imidazole rings is 1. The highest BCUT2D eigenvalue weighted by molar-refractivity contribution is 14.1. The van der Waals surface area contributed by atoms with Gasteiger partial charge in [-0.2, -0.15) is 0 Å². The summed E-state index contributed by atoms with van der Waals surface area (Å²) in [5, 5.41) is 9.54. The first-order chi connectivity index (χ1) is 8.19. The highest BCUT2D eigenvalue weighted by atomic mass is 127. The van der Waals surface area contributed by atoms with E-state index in [2.05, 4.69) is 32.6 Å². The summed E-state index contributed by atoms with van der Waals surface area (Å²) in [6.07, 6.45) is 5.74. The molecule has 6 heteroatoms. The summed E-state index contributed by atoms with van der Waals surface area (Å²) in [4.78, 5) is 8.64. The number of fused-ring (bicyclic) bond motifs is 1. The number of nitrogens with zero attached hydrogens (tertiary/aromatic N) is 3. The molecule has 0 atom stereocenters. The van der Waals surface area contributed by atoms with Crippen molar-refractivity contribution in [3.63, 3.8) is 0 Å². The monoisotopic (exact) mass is 363 g/mol. The highest BCUT2D eigenvalue weighted by Crippen LogP contribution is 2.41. The van der Waals surface area contributed by atoms with Gasteiger partial charge in [0.25, 0.3) is 0 Å². The molecule has 0 saturated heterocycles. The van der Waals surface area contributed by atoms with Crippen molar-refractivity contribution in [2.45, 2.75) is 18.8 Å². The number of aliphatic hydroxyl groups excluding tert-OH is 1. The van der Waals surface area contributed by atoms with Gasteiger partial charge in [0.15, 0.2) is 5.15 Å². The average Bonchev–Trinajstić information content (AvgIpc) is 2.61. The molecule has 2 heterocycles. The van der Waals surface area contributed by atoms with Crippen molar-refractivity contribution in [2.24, 2.45) is 5.92 Å². The molecule has 0 amide bonds. The lowest BCUT2D eigenvalue weighted by Crippen LogP contribution is -2.26. The SMILES string of the molecule is OCC1CC(c2ncc3c(Cl)nc(I)cn23)C1. The average molecular weight is 364 g/mol. The van der Waals surface area contributed by atoms with Crippen LogP contribution in [0, 0.1) is 9.62 Å². The maximum absolute atomic E-state index is 9.04. The van der Waals surface area contributed by atoms with Crippen LogP contribution in [0.15, 0.2) is 12.4 Å². The Balaban J connectivity index is 2.01. The molecule has 2 aromatic rings. The number of aromatic nitrogens is 3. The lowest BCUT2D eigenvalue weighted by atomic mass is 9.75. The molecule has 0 unspecified atom stereocenters. The zero-order valence-corrected chi connectivity index (χ0v) is 11.9. The molecule has 1 saturated carbocycles. The van der Waals surface area contributed by atoms with Gasteiger partial charge in [0.05, 0.1) is 6.20 Å². The maximum atomic E-state index is 9.04. The summed E-state index contributed by atoms with van der Waals surface area (Å²) >= 11 is 8.23. The van der Waals surface area contributed by atoms with Crippen LogP contribution in [-0.4, -0.2) is 26.1 Å². The van der Waals surface area contributed by atoms with Gasteiger partial charge in [0, 0.05) is 18.7 Å². The van der Waals surface area contributed by atoms with E-state index in [-0.39, 0.29) is 6.61 Å². The lowest BCUT2D eigenvalue weighted by molar-refractivity contribution is 0.138. The van der Waals surface area contributed by atoms with Crippen LogP contribution in [0.1, 0.15) is 24.6 Å². The molecular weight excluding hydrogens is 352 g/mol. The first kappa shape index (κ1) is 11.7. The van der Waals surface area contributed by atoms with Gasteiger partial charge in [-0.25, -0.2) is 9.97 Å². The summed E-state index contributed by atoms with van der Waals surface area (Å²) in [5.74, 6) is 1.90. The zero-order valence-electron chi connectivity index (χ0n) is 8.98. The predicted molar refractivity (Wildman–Crippen MR) is 73.3 cm³/mol. The van der Waals surface area contributed by atoms with Gasteiger partial charge in [-0.05, 0) is 41.4 Å². The number of hydrogen-bond acceptors (Lipinski definition) is 3. The molecule has 2 aromatic heterocycles. The minimum absolute atomic E-state index is 0.277. The Labute approximate surface area is 117 Å². The van der Waals surface area contributed by atoms with Crippen LogP contribution in [0.25, 0.3) is 5.52 Å². The van der Waals surface area contributed by atoms with Crippen LogP contribution < -0.4 is 0 Å². The number of hydrogen-bond donors (Lipinski definition) is 1. The van der Waals surface area contributed by atoms with Gasteiger partial charge < -0.3 is 5.11 Å². The molecular formula is C11H11ClIN3O. The van der Waals surface area contributed by atoms with Crippen molar-refractivity contribution in [1.82, 2.24) is 14.4 Å². The topological polar surface area (TPSA) is 50.4 Å². The molecule has 0 radical (unpaired) electrons. The summed E-state index contributed by atoms with van der Waals surface area (Å²) in [6.45, 7) is 0.277. The molecule has 1 fully saturated rings. The van der Waals surface area contributed by atoms with Crippen LogP contribution in [0.5, 0.6) is 0 Å². The van der Waals surface area contributed by atoms with E-state index in [1.165, 1.54) is 0 Å². The predicted octanol–water partition coefficient (Wildman–Crippen LogP) is 2.47. The summed E-state index contributed by atoms with van der Waals surface area (Å²) < 4.78 is 2.88. The van der Waals surface area contributed by atoms with E-state index in [0.29, 0.717) is 17.0 Å². The van der Waals surface area contributed by atoms with Gasteiger partial charge in [-0.1, -0.05) is 11.6 Å². The second kappa shape index (κ2) is 4.37. The molecule has 4 nitrogen and oxygen atoms in total. The summed E-state index contributed by atoms with van der Waals surface area (Å²) in [6, 6.07) is 0. The van der Waals surface area contributed by atoms with Crippen molar-refractivity contribution in [1.29, 1.82) is 0 Å². The largest absolute Gasteiger partial charge is 0.396 e. The standard InChI is InChI=1S/C11H11ClIN3O/c12-10-8-3-14-11(7-1-6(2-7)5-17)16(8)4-9(13)15-10/h3-4,6-7,17H,1-2,5H2. The molecule has 0 aliphatic heterocycles. The highest BCUT2D eigenvalue weighted by Gasteiger charge is 2.32. The quantitative estimate of drug-likeness (QED) is 0.834. The number of halogens is 2. The van der Waals surface area contributed by atoms with E-state index in [1.54, 1.807) is 6.20 Å². The van der Waals surface area contributed by atoms with Crippen molar-refractivity contribution in [3.8, 4) is 0 Å². The van der Waals surface area contributed by atoms with E-state index in [4.69, 9.17) is 16.7 Å². The smallest absolute Gasteiger partial charge is 0.155 e. The van der Waals surface area contributed by atoms with Crippen LogP contribution in [0.2, 0.25) is 5.15 Å². The fourth-order valence-electron chi connectivity index (χ4n) is 2.35. The Morgan fingerprint density at radius 2 is 2.29 bits per heavy atom. The van der Waals surface area contributed by atoms with Crippen molar-refractivity contribution in [2.75, 3.05) is 6.61 Å². The van der Waals surface area contributed by atoms with Gasteiger partial charge >= 0.3 is 0 Å². The molecule has 3 rings (SSSR count). The van der Waals surface area contributed by atoms with E-state index < -0.39 is 0 Å². The van der Waals surface area contributed by atoms with Gasteiger partial charge in [-0.15, -0.1) is 0 Å². The number of aliphatic hydroxyl groups is 1. The Morgan fingerprint density at radius 1 is 1.53 bits per heavy atom. The molecule has 0 bridgehead atoms. The van der Waals surface area contributed by atoms with E-state index in [0.717, 1.165) is 27.9 Å². The first-order valence-corrected chi connectivity index (χ1v) is 6.94.